The molecule has 3 heterocycles. The van der Waals surface area contributed by atoms with Crippen LogP contribution >= 0.6 is 0 Å². The molecular weight excluding hydrogens is 378 g/mol. The van der Waals surface area contributed by atoms with Crippen LogP contribution in [0.4, 0.5) is 11.6 Å². The highest BCUT2D eigenvalue weighted by Crippen LogP contribution is 2.17. The zero-order valence-electron chi connectivity index (χ0n) is 17.5. The summed E-state index contributed by atoms with van der Waals surface area (Å²) >= 11 is 0. The van der Waals surface area contributed by atoms with Crippen molar-refractivity contribution in [2.24, 2.45) is 0 Å². The lowest BCUT2D eigenvalue weighted by molar-refractivity contribution is -0.131. The summed E-state index contributed by atoms with van der Waals surface area (Å²) in [7, 11) is 0. The van der Waals surface area contributed by atoms with Gasteiger partial charge >= 0.3 is 0 Å². The largest absolute Gasteiger partial charge is 0.376 e. The monoisotopic (exact) mass is 409 g/mol. The van der Waals surface area contributed by atoms with Gasteiger partial charge in [-0.05, 0) is 43.4 Å². The molecule has 0 aliphatic carbocycles. The number of hydrogen-bond acceptors (Lipinski definition) is 6. The van der Waals surface area contributed by atoms with E-state index in [1.165, 1.54) is 5.56 Å². The van der Waals surface area contributed by atoms with Crippen molar-refractivity contribution < 1.29 is 9.53 Å². The first-order chi connectivity index (χ1) is 14.8. The van der Waals surface area contributed by atoms with Crippen LogP contribution in [0.3, 0.4) is 0 Å². The third kappa shape index (κ3) is 5.69. The molecule has 1 unspecified atom stereocenters. The summed E-state index contributed by atoms with van der Waals surface area (Å²) < 4.78 is 5.62. The third-order valence-electron chi connectivity index (χ3n) is 5.84. The number of aryl methyl sites for hydroxylation is 1. The van der Waals surface area contributed by atoms with E-state index in [4.69, 9.17) is 4.74 Å². The topological polar surface area (TPSA) is 70.6 Å². The van der Waals surface area contributed by atoms with Crippen molar-refractivity contribution in [1.29, 1.82) is 0 Å². The predicted octanol–water partition coefficient (Wildman–Crippen LogP) is 2.74. The molecule has 2 fully saturated rings. The van der Waals surface area contributed by atoms with Crippen LogP contribution in [0.25, 0.3) is 0 Å². The predicted molar refractivity (Wildman–Crippen MR) is 118 cm³/mol. The number of rotatable bonds is 8. The average molecular weight is 410 g/mol. The van der Waals surface area contributed by atoms with Gasteiger partial charge in [0.25, 0.3) is 0 Å². The second kappa shape index (κ2) is 10.4. The SMILES string of the molecule is O=C(CCCc1ccccc1)N1CCN(c2ccc(NCC3CCCO3)nn2)CC1. The zero-order valence-corrected chi connectivity index (χ0v) is 17.5. The highest BCUT2D eigenvalue weighted by molar-refractivity contribution is 5.76. The van der Waals surface area contributed by atoms with Crippen LogP contribution in [-0.2, 0) is 16.0 Å². The number of nitrogens with zero attached hydrogens (tertiary/aromatic N) is 4. The van der Waals surface area contributed by atoms with E-state index in [9.17, 15) is 4.79 Å². The zero-order chi connectivity index (χ0) is 20.6. The van der Waals surface area contributed by atoms with Gasteiger partial charge in [-0.1, -0.05) is 30.3 Å². The minimum Gasteiger partial charge on any atom is -0.376 e. The fourth-order valence-electron chi connectivity index (χ4n) is 4.04. The van der Waals surface area contributed by atoms with E-state index in [0.717, 1.165) is 76.6 Å². The van der Waals surface area contributed by atoms with Crippen LogP contribution in [-0.4, -0.2) is 66.4 Å². The van der Waals surface area contributed by atoms with Crippen molar-refractivity contribution in [3.05, 3.63) is 48.0 Å². The van der Waals surface area contributed by atoms with Crippen molar-refractivity contribution in [3.63, 3.8) is 0 Å². The Balaban J connectivity index is 1.17. The first kappa shape index (κ1) is 20.6. The minimum atomic E-state index is 0.255. The number of aromatic nitrogens is 2. The molecule has 0 saturated carbocycles. The van der Waals surface area contributed by atoms with Gasteiger partial charge in [0, 0.05) is 45.8 Å². The molecule has 7 heteroatoms. The summed E-state index contributed by atoms with van der Waals surface area (Å²) in [6, 6.07) is 14.3. The average Bonchev–Trinajstić information content (AvgIpc) is 3.33. The van der Waals surface area contributed by atoms with E-state index >= 15 is 0 Å². The second-order valence-electron chi connectivity index (χ2n) is 8.00. The summed E-state index contributed by atoms with van der Waals surface area (Å²) in [4.78, 5) is 16.7. The van der Waals surface area contributed by atoms with Gasteiger partial charge in [0.15, 0.2) is 5.82 Å². The molecule has 0 radical (unpaired) electrons. The molecule has 2 saturated heterocycles. The lowest BCUT2D eigenvalue weighted by Gasteiger charge is -2.35. The molecule has 1 N–H and O–H groups in total. The van der Waals surface area contributed by atoms with Crippen LogP contribution in [0.2, 0.25) is 0 Å². The summed E-state index contributed by atoms with van der Waals surface area (Å²) in [5.74, 6) is 1.90. The van der Waals surface area contributed by atoms with Gasteiger partial charge in [-0.25, -0.2) is 0 Å². The number of anilines is 2. The minimum absolute atomic E-state index is 0.255. The van der Waals surface area contributed by atoms with E-state index in [0.29, 0.717) is 6.42 Å². The Morgan fingerprint density at radius 1 is 1.07 bits per heavy atom. The van der Waals surface area contributed by atoms with Crippen molar-refractivity contribution in [1.82, 2.24) is 15.1 Å². The van der Waals surface area contributed by atoms with Gasteiger partial charge < -0.3 is 19.9 Å². The maximum absolute atomic E-state index is 12.5. The van der Waals surface area contributed by atoms with Crippen LogP contribution in [0.1, 0.15) is 31.2 Å². The van der Waals surface area contributed by atoms with Crippen LogP contribution in [0.15, 0.2) is 42.5 Å². The molecule has 1 atom stereocenters. The van der Waals surface area contributed by atoms with E-state index in [2.05, 4.69) is 32.5 Å². The lowest BCUT2D eigenvalue weighted by Crippen LogP contribution is -2.49. The Labute approximate surface area is 178 Å². The molecule has 2 aliphatic rings. The molecule has 7 nitrogen and oxygen atoms in total. The normalized spacial score (nSPS) is 19.1. The van der Waals surface area contributed by atoms with E-state index in [-0.39, 0.29) is 12.0 Å². The fourth-order valence-corrected chi connectivity index (χ4v) is 4.04. The Bertz CT molecular complexity index is 785. The molecule has 2 aliphatic heterocycles. The Morgan fingerprint density at radius 3 is 2.60 bits per heavy atom. The maximum Gasteiger partial charge on any atom is 0.222 e. The standard InChI is InChI=1S/C23H31N5O2/c29-23(10-4-8-19-6-2-1-3-7-19)28-15-13-27(14-16-28)22-12-11-21(25-26-22)24-18-20-9-5-17-30-20/h1-3,6-7,11-12,20H,4-5,8-10,13-18H2,(H,24,25). The molecule has 1 amide bonds. The van der Waals surface area contributed by atoms with Gasteiger partial charge in [0.05, 0.1) is 6.10 Å². The lowest BCUT2D eigenvalue weighted by atomic mass is 10.1. The van der Waals surface area contributed by atoms with Crippen LogP contribution in [0.5, 0.6) is 0 Å². The Morgan fingerprint density at radius 2 is 1.90 bits per heavy atom. The molecule has 0 spiro atoms. The van der Waals surface area contributed by atoms with E-state index in [1.807, 2.05) is 35.2 Å². The molecule has 0 bridgehead atoms. The molecule has 1 aromatic carbocycles. The highest BCUT2D eigenvalue weighted by atomic mass is 16.5. The first-order valence-electron chi connectivity index (χ1n) is 11.0. The second-order valence-corrected chi connectivity index (χ2v) is 8.00. The quantitative estimate of drug-likeness (QED) is 0.723. The Hall–Kier alpha value is -2.67. The van der Waals surface area contributed by atoms with Gasteiger partial charge in [-0.15, -0.1) is 10.2 Å². The number of nitrogens with one attached hydrogen (secondary N) is 1. The number of amides is 1. The van der Waals surface area contributed by atoms with Gasteiger partial charge in [0.1, 0.15) is 5.82 Å². The van der Waals surface area contributed by atoms with Crippen LogP contribution < -0.4 is 10.2 Å². The summed E-state index contributed by atoms with van der Waals surface area (Å²) in [5, 5.41) is 12.0. The van der Waals surface area contributed by atoms with Gasteiger partial charge in [0.2, 0.25) is 5.91 Å². The summed E-state index contributed by atoms with van der Waals surface area (Å²) in [6.07, 6.45) is 4.99. The summed E-state index contributed by atoms with van der Waals surface area (Å²) in [5.41, 5.74) is 1.29. The smallest absolute Gasteiger partial charge is 0.222 e. The number of carbonyl (C=O) groups is 1. The first-order valence-corrected chi connectivity index (χ1v) is 11.0. The molecule has 30 heavy (non-hydrogen) atoms. The van der Waals surface area contributed by atoms with Crippen molar-refractivity contribution in [2.75, 3.05) is 49.5 Å². The highest BCUT2D eigenvalue weighted by Gasteiger charge is 2.22. The molecule has 2 aromatic rings. The number of benzene rings is 1. The Kier molecular flexibility index (Phi) is 7.13. The van der Waals surface area contributed by atoms with Crippen molar-refractivity contribution in [3.8, 4) is 0 Å². The van der Waals surface area contributed by atoms with E-state index in [1.54, 1.807) is 0 Å². The van der Waals surface area contributed by atoms with Gasteiger partial charge in [-0.3, -0.25) is 4.79 Å². The van der Waals surface area contributed by atoms with Crippen LogP contribution in [0, 0.1) is 0 Å². The number of hydrogen-bond donors (Lipinski definition) is 1. The summed E-state index contributed by atoms with van der Waals surface area (Å²) in [6.45, 7) is 4.71. The number of piperazine rings is 1. The molecule has 1 aromatic heterocycles. The number of carbonyl (C=O) groups excluding carboxylic acids is 1. The fraction of sp³-hybridized carbons (Fsp3) is 0.522. The van der Waals surface area contributed by atoms with E-state index < -0.39 is 0 Å². The third-order valence-corrected chi connectivity index (χ3v) is 5.84. The maximum atomic E-state index is 12.5. The molecule has 4 rings (SSSR count). The van der Waals surface area contributed by atoms with Crippen molar-refractivity contribution in [2.45, 2.75) is 38.2 Å². The molecule has 160 valence electrons. The van der Waals surface area contributed by atoms with Crippen molar-refractivity contribution >= 4 is 17.5 Å². The van der Waals surface area contributed by atoms with Gasteiger partial charge in [-0.2, -0.15) is 0 Å². The molecular formula is C23H31N5O2. The number of ether oxygens (including phenoxy) is 1.